The quantitative estimate of drug-likeness (QED) is 0.740. The van der Waals surface area contributed by atoms with Crippen LogP contribution in [0.1, 0.15) is 39.5 Å². The molecule has 0 saturated carbocycles. The number of primary amides is 1. The van der Waals surface area contributed by atoms with Crippen molar-refractivity contribution in [3.8, 4) is 0 Å². The molecule has 116 valence electrons. The fourth-order valence-corrected chi connectivity index (χ4v) is 3.50. The molecular weight excluding hydrogens is 252 g/mol. The Labute approximate surface area is 122 Å². The molecule has 2 unspecified atom stereocenters. The molecular formula is C15H30N4O. The molecule has 2 rings (SSSR count). The summed E-state index contributed by atoms with van der Waals surface area (Å²) in [6, 6.07) is 0.681. The Morgan fingerprint density at radius 1 is 1.35 bits per heavy atom. The van der Waals surface area contributed by atoms with Gasteiger partial charge in [-0.25, -0.2) is 0 Å². The third-order valence-electron chi connectivity index (χ3n) is 4.74. The summed E-state index contributed by atoms with van der Waals surface area (Å²) in [7, 11) is 0. The van der Waals surface area contributed by atoms with Crippen LogP contribution in [0.5, 0.6) is 0 Å². The van der Waals surface area contributed by atoms with Gasteiger partial charge in [0.1, 0.15) is 5.54 Å². The van der Waals surface area contributed by atoms with Gasteiger partial charge in [0.05, 0.1) is 0 Å². The zero-order valence-corrected chi connectivity index (χ0v) is 13.0. The van der Waals surface area contributed by atoms with E-state index in [4.69, 9.17) is 5.73 Å². The average molecular weight is 282 g/mol. The molecule has 3 N–H and O–H groups in total. The van der Waals surface area contributed by atoms with Gasteiger partial charge in [-0.05, 0) is 58.8 Å². The van der Waals surface area contributed by atoms with Crippen LogP contribution in [0, 0.1) is 0 Å². The maximum atomic E-state index is 11.8. The molecule has 0 radical (unpaired) electrons. The fraction of sp³-hybridized carbons (Fsp3) is 0.933. The summed E-state index contributed by atoms with van der Waals surface area (Å²) in [5, 5.41) is 3.34. The summed E-state index contributed by atoms with van der Waals surface area (Å²) in [6.45, 7) is 10.2. The summed E-state index contributed by atoms with van der Waals surface area (Å²) in [4.78, 5) is 16.9. The molecule has 1 amide bonds. The smallest absolute Gasteiger partial charge is 0.238 e. The number of nitrogens with one attached hydrogen (secondary N) is 1. The number of carbonyl (C=O) groups is 1. The second-order valence-corrected chi connectivity index (χ2v) is 6.54. The van der Waals surface area contributed by atoms with Crippen LogP contribution in [0.2, 0.25) is 0 Å². The molecule has 2 fully saturated rings. The maximum Gasteiger partial charge on any atom is 0.238 e. The summed E-state index contributed by atoms with van der Waals surface area (Å²) in [6.07, 6.45) is 4.82. The molecule has 5 heteroatoms. The molecule has 20 heavy (non-hydrogen) atoms. The molecule has 0 spiro atoms. The number of amides is 1. The van der Waals surface area contributed by atoms with Gasteiger partial charge in [-0.3, -0.25) is 14.6 Å². The van der Waals surface area contributed by atoms with Crippen LogP contribution in [0.4, 0.5) is 0 Å². The van der Waals surface area contributed by atoms with Crippen molar-refractivity contribution in [2.75, 3.05) is 39.3 Å². The average Bonchev–Trinajstić information content (AvgIpc) is 2.75. The number of carbonyl (C=O) groups excluding carboxylic acids is 1. The van der Waals surface area contributed by atoms with Crippen molar-refractivity contribution >= 4 is 5.91 Å². The summed E-state index contributed by atoms with van der Waals surface area (Å²) in [5.41, 5.74) is 5.03. The lowest BCUT2D eigenvalue weighted by Crippen LogP contribution is -2.60. The summed E-state index contributed by atoms with van der Waals surface area (Å²) >= 11 is 0. The lowest BCUT2D eigenvalue weighted by Gasteiger charge is -2.34. The highest BCUT2D eigenvalue weighted by Gasteiger charge is 2.35. The molecule has 0 bridgehead atoms. The first-order valence-corrected chi connectivity index (χ1v) is 8.06. The number of rotatable bonds is 6. The van der Waals surface area contributed by atoms with E-state index in [1.54, 1.807) is 0 Å². The molecule has 0 aromatic heterocycles. The second kappa shape index (κ2) is 6.87. The Kier molecular flexibility index (Phi) is 5.41. The van der Waals surface area contributed by atoms with Crippen molar-refractivity contribution in [3.05, 3.63) is 0 Å². The predicted octanol–water partition coefficient (Wildman–Crippen LogP) is 0.400. The van der Waals surface area contributed by atoms with Gasteiger partial charge >= 0.3 is 0 Å². The van der Waals surface area contributed by atoms with Crippen LogP contribution in [-0.2, 0) is 4.79 Å². The predicted molar refractivity (Wildman–Crippen MR) is 81.5 cm³/mol. The molecule has 2 atom stereocenters. The molecule has 5 nitrogen and oxygen atoms in total. The molecule has 2 aliphatic rings. The van der Waals surface area contributed by atoms with Crippen LogP contribution in [-0.4, -0.2) is 66.6 Å². The van der Waals surface area contributed by atoms with Crippen LogP contribution in [0.3, 0.4) is 0 Å². The van der Waals surface area contributed by atoms with Crippen molar-refractivity contribution in [1.82, 2.24) is 15.1 Å². The summed E-state index contributed by atoms with van der Waals surface area (Å²) in [5.74, 6) is -0.238. The fourth-order valence-electron chi connectivity index (χ4n) is 3.50. The Balaban J connectivity index is 1.96. The van der Waals surface area contributed by atoms with Crippen LogP contribution >= 0.6 is 0 Å². The highest BCUT2D eigenvalue weighted by atomic mass is 16.1. The van der Waals surface area contributed by atoms with Crippen LogP contribution < -0.4 is 11.1 Å². The first-order valence-electron chi connectivity index (χ1n) is 8.06. The highest BCUT2D eigenvalue weighted by molar-refractivity contribution is 5.84. The van der Waals surface area contributed by atoms with Crippen molar-refractivity contribution in [3.63, 3.8) is 0 Å². The minimum Gasteiger partial charge on any atom is -0.368 e. The number of hydrogen-bond acceptors (Lipinski definition) is 4. The minimum atomic E-state index is -0.607. The van der Waals surface area contributed by atoms with Crippen molar-refractivity contribution in [1.29, 1.82) is 0 Å². The SMILES string of the molecule is CCCNC(C)(CN1CCCN2CCCC2C1)C(N)=O. The van der Waals surface area contributed by atoms with Gasteiger partial charge in [0, 0.05) is 19.1 Å². The van der Waals surface area contributed by atoms with Gasteiger partial charge in [-0.15, -0.1) is 0 Å². The van der Waals surface area contributed by atoms with Crippen molar-refractivity contribution in [2.24, 2.45) is 5.73 Å². The normalized spacial score (nSPS) is 27.8. The maximum absolute atomic E-state index is 11.8. The monoisotopic (exact) mass is 282 g/mol. The Hall–Kier alpha value is -0.650. The van der Waals surface area contributed by atoms with Gasteiger partial charge in [0.25, 0.3) is 0 Å². The number of fused-ring (bicyclic) bond motifs is 1. The molecule has 0 aliphatic carbocycles. The van der Waals surface area contributed by atoms with Gasteiger partial charge in [0.2, 0.25) is 5.91 Å². The largest absolute Gasteiger partial charge is 0.368 e. The Bertz CT molecular complexity index is 336. The lowest BCUT2D eigenvalue weighted by atomic mass is 10.00. The topological polar surface area (TPSA) is 61.6 Å². The zero-order chi connectivity index (χ0) is 14.6. The van der Waals surface area contributed by atoms with E-state index in [0.29, 0.717) is 6.04 Å². The second-order valence-electron chi connectivity index (χ2n) is 6.54. The minimum absolute atomic E-state index is 0.238. The van der Waals surface area contributed by atoms with E-state index in [1.807, 2.05) is 6.92 Å². The first kappa shape index (κ1) is 15.7. The van der Waals surface area contributed by atoms with Crippen LogP contribution in [0.25, 0.3) is 0 Å². The standard InChI is InChI=1S/C15H30N4O/c1-3-7-17-15(2,14(16)20)12-18-8-5-10-19-9-4-6-13(19)11-18/h13,17H,3-12H2,1-2H3,(H2,16,20). The first-order chi connectivity index (χ1) is 9.55. The number of hydrogen-bond donors (Lipinski definition) is 2. The number of nitrogens with zero attached hydrogens (tertiary/aromatic N) is 2. The van der Waals surface area contributed by atoms with Gasteiger partial charge < -0.3 is 11.1 Å². The van der Waals surface area contributed by atoms with Gasteiger partial charge in [-0.2, -0.15) is 0 Å². The van der Waals surface area contributed by atoms with Crippen molar-refractivity contribution in [2.45, 2.75) is 51.1 Å². The molecule has 0 aromatic carbocycles. The van der Waals surface area contributed by atoms with E-state index in [-0.39, 0.29) is 5.91 Å². The molecule has 2 aliphatic heterocycles. The highest BCUT2D eigenvalue weighted by Crippen LogP contribution is 2.22. The van der Waals surface area contributed by atoms with Gasteiger partial charge in [0.15, 0.2) is 0 Å². The molecule has 2 saturated heterocycles. The summed E-state index contributed by atoms with van der Waals surface area (Å²) < 4.78 is 0. The third-order valence-corrected chi connectivity index (χ3v) is 4.74. The van der Waals surface area contributed by atoms with E-state index in [9.17, 15) is 4.79 Å². The number of nitrogens with two attached hydrogens (primary N) is 1. The zero-order valence-electron chi connectivity index (χ0n) is 13.0. The van der Waals surface area contributed by atoms with Crippen molar-refractivity contribution < 1.29 is 4.79 Å². The lowest BCUT2D eigenvalue weighted by molar-refractivity contribution is -0.124. The van der Waals surface area contributed by atoms with Crippen LogP contribution in [0.15, 0.2) is 0 Å². The van der Waals surface area contributed by atoms with E-state index < -0.39 is 5.54 Å². The van der Waals surface area contributed by atoms with E-state index in [1.165, 1.54) is 32.4 Å². The molecule has 0 aromatic rings. The Morgan fingerprint density at radius 3 is 2.80 bits per heavy atom. The van der Waals surface area contributed by atoms with E-state index in [2.05, 4.69) is 22.0 Å². The third kappa shape index (κ3) is 3.71. The van der Waals surface area contributed by atoms with E-state index >= 15 is 0 Å². The van der Waals surface area contributed by atoms with Gasteiger partial charge in [-0.1, -0.05) is 6.92 Å². The Morgan fingerprint density at radius 2 is 2.10 bits per heavy atom. The van der Waals surface area contributed by atoms with E-state index in [0.717, 1.165) is 32.6 Å². The molecule has 2 heterocycles.